The lowest BCUT2D eigenvalue weighted by molar-refractivity contribution is 0.543. The fourth-order valence-electron chi connectivity index (χ4n) is 8.18. The number of allylic oxidation sites excluding steroid dienone is 2. The van der Waals surface area contributed by atoms with E-state index in [1.54, 1.807) is 0 Å². The molecule has 1 aromatic heterocycles. The van der Waals surface area contributed by atoms with Crippen molar-refractivity contribution in [1.29, 1.82) is 5.26 Å². The first-order valence-electron chi connectivity index (χ1n) is 16.4. The zero-order valence-electron chi connectivity index (χ0n) is 26.5. The molecule has 0 bridgehead atoms. The first-order valence-corrected chi connectivity index (χ1v) is 16.4. The summed E-state index contributed by atoms with van der Waals surface area (Å²) in [5, 5.41) is 13.7. The average molecular weight is 617 g/mol. The molecule has 0 fully saturated rings. The van der Waals surface area contributed by atoms with E-state index in [0.29, 0.717) is 11.3 Å². The average Bonchev–Trinajstić information content (AvgIpc) is 3.61. The Morgan fingerprint density at radius 3 is 1.85 bits per heavy atom. The monoisotopic (exact) mass is 616 g/mol. The van der Waals surface area contributed by atoms with E-state index in [2.05, 4.69) is 144 Å². The minimum atomic E-state index is -0.453. The van der Waals surface area contributed by atoms with Gasteiger partial charge < -0.3 is 15.2 Å². The van der Waals surface area contributed by atoms with Gasteiger partial charge in [0.1, 0.15) is 6.07 Å². The maximum atomic E-state index is 11.5. The molecule has 4 nitrogen and oxygen atoms in total. The molecule has 0 saturated carbocycles. The van der Waals surface area contributed by atoms with Crippen molar-refractivity contribution >= 4 is 38.9 Å². The number of benzene rings is 6. The van der Waals surface area contributed by atoms with Gasteiger partial charge in [-0.05, 0) is 41.8 Å². The summed E-state index contributed by atoms with van der Waals surface area (Å²) in [4.78, 5) is 2.40. The van der Waals surface area contributed by atoms with E-state index in [0.717, 1.165) is 61.1 Å². The van der Waals surface area contributed by atoms with Gasteiger partial charge in [-0.1, -0.05) is 140 Å². The number of anilines is 3. The van der Waals surface area contributed by atoms with Crippen LogP contribution in [0, 0.1) is 11.3 Å². The largest absolute Gasteiger partial charge is 0.396 e. The van der Waals surface area contributed by atoms with Crippen LogP contribution in [0.5, 0.6) is 0 Å². The molecule has 7 aromatic rings. The van der Waals surface area contributed by atoms with Crippen LogP contribution in [0.2, 0.25) is 0 Å². The third-order valence-corrected chi connectivity index (χ3v) is 10.2. The van der Waals surface area contributed by atoms with Gasteiger partial charge in [0.15, 0.2) is 0 Å². The second kappa shape index (κ2) is 10.6. The molecule has 2 unspecified atom stereocenters. The lowest BCUT2D eigenvalue weighted by Crippen LogP contribution is -2.42. The number of para-hydroxylation sites is 3. The smallest absolute Gasteiger partial charge is 0.102 e. The molecule has 0 spiro atoms. The van der Waals surface area contributed by atoms with Gasteiger partial charge in [-0.25, -0.2) is 0 Å². The maximum Gasteiger partial charge on any atom is 0.102 e. The zero-order valence-corrected chi connectivity index (χ0v) is 26.5. The molecule has 2 aliphatic rings. The van der Waals surface area contributed by atoms with E-state index >= 15 is 0 Å². The molecule has 2 heterocycles. The summed E-state index contributed by atoms with van der Waals surface area (Å²) in [5.41, 5.74) is 18.0. The van der Waals surface area contributed by atoms with Crippen LogP contribution in [0.4, 0.5) is 17.1 Å². The van der Waals surface area contributed by atoms with Crippen molar-refractivity contribution in [1.82, 2.24) is 4.57 Å². The van der Waals surface area contributed by atoms with Crippen molar-refractivity contribution in [2.24, 2.45) is 0 Å². The minimum absolute atomic E-state index is 0.115. The summed E-state index contributed by atoms with van der Waals surface area (Å²) in [6.07, 6.45) is 8.83. The fourth-order valence-corrected chi connectivity index (χ4v) is 8.18. The molecule has 6 aromatic carbocycles. The highest BCUT2D eigenvalue weighted by Gasteiger charge is 2.49. The Morgan fingerprint density at radius 2 is 1.21 bits per heavy atom. The molecule has 2 atom stereocenters. The minimum Gasteiger partial charge on any atom is -0.396 e. The molecule has 0 radical (unpaired) electrons. The van der Waals surface area contributed by atoms with E-state index in [-0.39, 0.29) is 5.92 Å². The SMILES string of the molecule is CC12C=CC=CC1c1ccccc1N2c1c(N)c(-c2ccccc2)c(-n2c3ccccc3c3ccccc32)c(C#N)c1-c1ccccc1. The number of fused-ring (bicyclic) bond motifs is 6. The van der Waals surface area contributed by atoms with Crippen molar-refractivity contribution in [2.45, 2.75) is 18.4 Å². The van der Waals surface area contributed by atoms with Gasteiger partial charge in [0.05, 0.1) is 39.2 Å². The van der Waals surface area contributed by atoms with E-state index in [4.69, 9.17) is 5.73 Å². The molecule has 2 N–H and O–H groups in total. The Bertz CT molecular complexity index is 2440. The van der Waals surface area contributed by atoms with Crippen LogP contribution in [0.25, 0.3) is 49.7 Å². The van der Waals surface area contributed by atoms with Crippen LogP contribution >= 0.6 is 0 Å². The molecule has 0 amide bonds. The van der Waals surface area contributed by atoms with E-state index in [9.17, 15) is 5.26 Å². The van der Waals surface area contributed by atoms with Gasteiger partial charge in [-0.15, -0.1) is 0 Å². The van der Waals surface area contributed by atoms with Crippen molar-refractivity contribution < 1.29 is 0 Å². The molecule has 1 aliphatic heterocycles. The number of nitriles is 1. The van der Waals surface area contributed by atoms with Crippen LogP contribution in [0.15, 0.2) is 158 Å². The van der Waals surface area contributed by atoms with Crippen LogP contribution in [0.1, 0.15) is 24.0 Å². The first-order chi connectivity index (χ1) is 23.6. The number of hydrogen-bond donors (Lipinski definition) is 1. The summed E-state index contributed by atoms with van der Waals surface area (Å²) < 4.78 is 2.25. The molecule has 0 saturated heterocycles. The fraction of sp³-hybridized carbons (Fsp3) is 0.0682. The van der Waals surface area contributed by atoms with Crippen molar-refractivity contribution in [3.05, 3.63) is 169 Å². The second-order valence-corrected chi connectivity index (χ2v) is 12.8. The Labute approximate surface area is 279 Å². The predicted molar refractivity (Wildman–Crippen MR) is 199 cm³/mol. The highest BCUT2D eigenvalue weighted by Crippen LogP contribution is 2.59. The van der Waals surface area contributed by atoms with Gasteiger partial charge in [0.2, 0.25) is 0 Å². The van der Waals surface area contributed by atoms with Crippen LogP contribution < -0.4 is 10.6 Å². The summed E-state index contributed by atoms with van der Waals surface area (Å²) >= 11 is 0. The van der Waals surface area contributed by atoms with E-state index < -0.39 is 5.54 Å². The number of rotatable bonds is 4. The summed E-state index contributed by atoms with van der Waals surface area (Å²) in [5.74, 6) is 0.115. The molecule has 228 valence electrons. The van der Waals surface area contributed by atoms with Gasteiger partial charge in [-0.2, -0.15) is 5.26 Å². The molecular weight excluding hydrogens is 585 g/mol. The second-order valence-electron chi connectivity index (χ2n) is 12.8. The third-order valence-electron chi connectivity index (χ3n) is 10.2. The topological polar surface area (TPSA) is 58.0 Å². The molecule has 48 heavy (non-hydrogen) atoms. The Balaban J connectivity index is 1.51. The van der Waals surface area contributed by atoms with E-state index in [1.807, 2.05) is 36.4 Å². The summed E-state index contributed by atoms with van der Waals surface area (Å²) in [7, 11) is 0. The normalized spacial score (nSPS) is 17.8. The predicted octanol–water partition coefficient (Wildman–Crippen LogP) is 10.7. The first kappa shape index (κ1) is 28.0. The van der Waals surface area contributed by atoms with Crippen molar-refractivity contribution in [3.63, 3.8) is 0 Å². The number of nitrogens with zero attached hydrogens (tertiary/aromatic N) is 3. The Kier molecular flexibility index (Phi) is 6.19. The van der Waals surface area contributed by atoms with Gasteiger partial charge >= 0.3 is 0 Å². The summed E-state index contributed by atoms with van der Waals surface area (Å²) in [6.45, 7) is 2.28. The van der Waals surface area contributed by atoms with Crippen LogP contribution in [0.3, 0.4) is 0 Å². The summed E-state index contributed by atoms with van der Waals surface area (Å²) in [6, 6.07) is 48.8. The zero-order chi connectivity index (χ0) is 32.4. The lowest BCUT2D eigenvalue weighted by Gasteiger charge is -2.41. The van der Waals surface area contributed by atoms with Gasteiger partial charge in [-0.3, -0.25) is 0 Å². The molecular formula is C44H32N4. The van der Waals surface area contributed by atoms with Gasteiger partial charge in [0, 0.05) is 33.5 Å². The van der Waals surface area contributed by atoms with Crippen molar-refractivity contribution in [3.8, 4) is 34.0 Å². The highest BCUT2D eigenvalue weighted by atomic mass is 15.2. The van der Waals surface area contributed by atoms with Crippen molar-refractivity contribution in [2.75, 3.05) is 10.6 Å². The Morgan fingerprint density at radius 1 is 0.646 bits per heavy atom. The van der Waals surface area contributed by atoms with Crippen LogP contribution in [-0.4, -0.2) is 10.1 Å². The molecule has 1 aliphatic carbocycles. The van der Waals surface area contributed by atoms with Crippen LogP contribution in [-0.2, 0) is 0 Å². The number of nitrogen functional groups attached to an aromatic ring is 1. The Hall–Kier alpha value is -6.31. The maximum absolute atomic E-state index is 11.5. The number of nitrogens with two attached hydrogens (primary N) is 1. The quantitative estimate of drug-likeness (QED) is 0.200. The molecule has 4 heteroatoms. The molecule has 9 rings (SSSR count). The number of hydrogen-bond acceptors (Lipinski definition) is 3. The highest BCUT2D eigenvalue weighted by molar-refractivity contribution is 6.13. The lowest BCUT2D eigenvalue weighted by atomic mass is 9.79. The standard InChI is InChI=1S/C44H32N4/c1-44-27-15-14-23-35(44)33-22-10-13-26-38(33)48(44)43-39(29-16-4-2-5-17-29)34(28-45)42(40(41(43)46)30-18-6-3-7-19-30)47-36-24-11-8-20-31(36)32-21-9-12-25-37(32)47/h2-27,35H,46H2,1H3. The number of aromatic nitrogens is 1. The third kappa shape index (κ3) is 3.82. The van der Waals surface area contributed by atoms with E-state index in [1.165, 1.54) is 5.56 Å². The van der Waals surface area contributed by atoms with Gasteiger partial charge in [0.25, 0.3) is 0 Å².